The first kappa shape index (κ1) is 20.4. The molecule has 0 spiro atoms. The third-order valence-corrected chi connectivity index (χ3v) is 6.78. The number of carbonyl (C=O) groups excluding carboxylic acids is 2. The number of aliphatic hydroxyl groups is 1. The average Bonchev–Trinajstić information content (AvgIpc) is 3.32. The second-order valence-electron chi connectivity index (χ2n) is 7.39. The van der Waals surface area contributed by atoms with Crippen LogP contribution >= 0.6 is 22.9 Å². The highest BCUT2D eigenvalue weighted by atomic mass is 35.5. The molecule has 4 aromatic rings. The molecular formula is C24H16ClN3O3S. The zero-order valence-corrected chi connectivity index (χ0v) is 18.4. The molecule has 1 aliphatic rings. The third-order valence-electron chi connectivity index (χ3n) is 5.36. The Hall–Kier alpha value is -3.55. The van der Waals surface area contributed by atoms with Crippen LogP contribution in [0.1, 0.15) is 22.7 Å². The number of anilines is 1. The van der Waals surface area contributed by atoms with Crippen molar-refractivity contribution >= 4 is 55.7 Å². The Morgan fingerprint density at radius 2 is 1.91 bits per heavy atom. The van der Waals surface area contributed by atoms with Crippen LogP contribution in [0.2, 0.25) is 5.02 Å². The van der Waals surface area contributed by atoms with Crippen LogP contribution in [0.25, 0.3) is 16.0 Å². The number of nitrogens with zero attached hydrogens (tertiary/aromatic N) is 3. The van der Waals surface area contributed by atoms with Crippen LogP contribution < -0.4 is 4.90 Å². The summed E-state index contributed by atoms with van der Waals surface area (Å²) in [6.07, 6.45) is 3.19. The van der Waals surface area contributed by atoms with Crippen LogP contribution in [-0.2, 0) is 9.59 Å². The first-order valence-corrected chi connectivity index (χ1v) is 11.0. The van der Waals surface area contributed by atoms with E-state index in [1.54, 1.807) is 54.9 Å². The van der Waals surface area contributed by atoms with Crippen LogP contribution in [0.5, 0.6) is 0 Å². The lowest BCUT2D eigenvalue weighted by Crippen LogP contribution is -2.29. The number of aromatic nitrogens is 2. The zero-order chi connectivity index (χ0) is 22.4. The maximum atomic E-state index is 13.2. The Morgan fingerprint density at radius 1 is 1.12 bits per heavy atom. The number of pyridine rings is 1. The van der Waals surface area contributed by atoms with Crippen molar-refractivity contribution in [1.82, 2.24) is 9.97 Å². The maximum Gasteiger partial charge on any atom is 0.301 e. The molecule has 6 nitrogen and oxygen atoms in total. The number of aliphatic hydroxyl groups excluding tert-OH is 1. The normalized spacial score (nSPS) is 17.9. The molecule has 1 aliphatic heterocycles. The number of hydrogen-bond acceptors (Lipinski definition) is 6. The summed E-state index contributed by atoms with van der Waals surface area (Å²) in [6, 6.07) is 15.0. The number of thiazole rings is 1. The van der Waals surface area contributed by atoms with Gasteiger partial charge < -0.3 is 5.11 Å². The van der Waals surface area contributed by atoms with Crippen LogP contribution in [0.4, 0.5) is 5.13 Å². The smallest absolute Gasteiger partial charge is 0.301 e. The molecule has 1 N–H and O–H groups in total. The standard InChI is InChI=1S/C24H16ClN3O3S/c1-13-10-18-17(11-16(13)25)27-24(32-18)28-20(15-8-5-9-26-12-15)19(22(30)23(28)31)21(29)14-6-3-2-4-7-14/h2-12,20,29H,1H3/b21-19+. The van der Waals surface area contributed by atoms with Gasteiger partial charge in [0.15, 0.2) is 5.13 Å². The van der Waals surface area contributed by atoms with E-state index in [0.29, 0.717) is 26.8 Å². The largest absolute Gasteiger partial charge is 0.507 e. The lowest BCUT2D eigenvalue weighted by Gasteiger charge is -2.22. The molecule has 3 heterocycles. The molecular weight excluding hydrogens is 446 g/mol. The SMILES string of the molecule is Cc1cc2sc(N3C(=O)C(=O)/C(=C(/O)c4ccccc4)C3c3cccnc3)nc2cc1Cl. The number of hydrogen-bond donors (Lipinski definition) is 1. The second kappa shape index (κ2) is 7.85. The summed E-state index contributed by atoms with van der Waals surface area (Å²) in [5.41, 5.74) is 2.58. The summed E-state index contributed by atoms with van der Waals surface area (Å²) < 4.78 is 0.844. The Kier molecular flexibility index (Phi) is 5.00. The topological polar surface area (TPSA) is 83.4 Å². The van der Waals surface area contributed by atoms with E-state index in [1.165, 1.54) is 16.2 Å². The van der Waals surface area contributed by atoms with Gasteiger partial charge in [-0.3, -0.25) is 19.5 Å². The molecule has 158 valence electrons. The van der Waals surface area contributed by atoms with Gasteiger partial charge in [-0.25, -0.2) is 4.98 Å². The van der Waals surface area contributed by atoms with Crippen molar-refractivity contribution in [3.05, 3.63) is 94.3 Å². The molecule has 1 saturated heterocycles. The highest BCUT2D eigenvalue weighted by Gasteiger charge is 2.48. The van der Waals surface area contributed by atoms with Crippen molar-refractivity contribution in [2.45, 2.75) is 13.0 Å². The molecule has 2 aromatic carbocycles. The minimum atomic E-state index is -0.860. The van der Waals surface area contributed by atoms with Gasteiger partial charge in [0.25, 0.3) is 5.78 Å². The summed E-state index contributed by atoms with van der Waals surface area (Å²) >= 11 is 7.54. The number of amides is 1. The number of halogens is 1. The van der Waals surface area contributed by atoms with E-state index in [1.807, 2.05) is 19.1 Å². The van der Waals surface area contributed by atoms with E-state index in [4.69, 9.17) is 11.6 Å². The molecule has 1 unspecified atom stereocenters. The van der Waals surface area contributed by atoms with Crippen molar-refractivity contribution in [1.29, 1.82) is 0 Å². The van der Waals surface area contributed by atoms with E-state index in [9.17, 15) is 14.7 Å². The molecule has 5 rings (SSSR count). The number of fused-ring (bicyclic) bond motifs is 1. The van der Waals surface area contributed by atoms with E-state index in [-0.39, 0.29) is 11.3 Å². The zero-order valence-electron chi connectivity index (χ0n) is 16.8. The number of rotatable bonds is 3. The summed E-state index contributed by atoms with van der Waals surface area (Å²) in [5, 5.41) is 12.0. The van der Waals surface area contributed by atoms with Crippen molar-refractivity contribution < 1.29 is 14.7 Å². The summed E-state index contributed by atoms with van der Waals surface area (Å²) in [7, 11) is 0. The molecule has 0 saturated carbocycles. The summed E-state index contributed by atoms with van der Waals surface area (Å²) in [6.45, 7) is 1.89. The third kappa shape index (κ3) is 3.26. The molecule has 0 aliphatic carbocycles. The van der Waals surface area contributed by atoms with Gasteiger partial charge in [-0.05, 0) is 36.2 Å². The highest BCUT2D eigenvalue weighted by Crippen LogP contribution is 2.44. The maximum absolute atomic E-state index is 13.2. The van der Waals surface area contributed by atoms with E-state index < -0.39 is 17.7 Å². The van der Waals surface area contributed by atoms with Crippen molar-refractivity contribution in [2.24, 2.45) is 0 Å². The summed E-state index contributed by atoms with van der Waals surface area (Å²) in [5.74, 6) is -1.76. The Bertz CT molecular complexity index is 1360. The predicted molar refractivity (Wildman–Crippen MR) is 125 cm³/mol. The molecule has 0 radical (unpaired) electrons. The fraction of sp³-hybridized carbons (Fsp3) is 0.0833. The highest BCUT2D eigenvalue weighted by molar-refractivity contribution is 7.22. The van der Waals surface area contributed by atoms with Gasteiger partial charge in [0.2, 0.25) is 0 Å². The molecule has 1 atom stereocenters. The fourth-order valence-electron chi connectivity index (χ4n) is 3.78. The number of carbonyl (C=O) groups is 2. The average molecular weight is 462 g/mol. The molecule has 2 aromatic heterocycles. The quantitative estimate of drug-likeness (QED) is 0.255. The molecule has 1 fully saturated rings. The Labute approximate surface area is 192 Å². The minimum absolute atomic E-state index is 0.00247. The Balaban J connectivity index is 1.73. The van der Waals surface area contributed by atoms with E-state index >= 15 is 0 Å². The van der Waals surface area contributed by atoms with Crippen molar-refractivity contribution in [3.8, 4) is 0 Å². The van der Waals surface area contributed by atoms with Gasteiger partial charge in [-0.15, -0.1) is 0 Å². The summed E-state index contributed by atoms with van der Waals surface area (Å²) in [4.78, 5) is 36.4. The monoisotopic (exact) mass is 461 g/mol. The van der Waals surface area contributed by atoms with Gasteiger partial charge in [0.05, 0.1) is 21.8 Å². The Morgan fingerprint density at radius 3 is 2.62 bits per heavy atom. The predicted octanol–water partition coefficient (Wildman–Crippen LogP) is 5.28. The minimum Gasteiger partial charge on any atom is -0.507 e. The van der Waals surface area contributed by atoms with Gasteiger partial charge in [-0.2, -0.15) is 0 Å². The first-order chi connectivity index (χ1) is 15.5. The molecule has 1 amide bonds. The second-order valence-corrected chi connectivity index (χ2v) is 8.80. The molecule has 0 bridgehead atoms. The van der Waals surface area contributed by atoms with Crippen LogP contribution in [-0.4, -0.2) is 26.8 Å². The van der Waals surface area contributed by atoms with Gasteiger partial charge in [0, 0.05) is 23.0 Å². The van der Waals surface area contributed by atoms with Gasteiger partial charge >= 0.3 is 5.91 Å². The van der Waals surface area contributed by atoms with Gasteiger partial charge in [-0.1, -0.05) is 59.3 Å². The lowest BCUT2D eigenvalue weighted by atomic mass is 9.96. The molecule has 8 heteroatoms. The fourth-order valence-corrected chi connectivity index (χ4v) is 5.01. The van der Waals surface area contributed by atoms with Crippen LogP contribution in [0, 0.1) is 6.92 Å². The first-order valence-electron chi connectivity index (χ1n) is 9.78. The number of benzene rings is 2. The van der Waals surface area contributed by atoms with Gasteiger partial charge in [0.1, 0.15) is 5.76 Å². The molecule has 32 heavy (non-hydrogen) atoms. The van der Waals surface area contributed by atoms with E-state index in [0.717, 1.165) is 10.3 Å². The lowest BCUT2D eigenvalue weighted by molar-refractivity contribution is -0.132. The van der Waals surface area contributed by atoms with Crippen LogP contribution in [0.3, 0.4) is 0 Å². The van der Waals surface area contributed by atoms with Crippen molar-refractivity contribution in [2.75, 3.05) is 4.90 Å². The van der Waals surface area contributed by atoms with Crippen molar-refractivity contribution in [3.63, 3.8) is 0 Å². The number of Topliss-reactive ketones (excluding diaryl/α,β-unsaturated/α-hetero) is 1. The number of aryl methyl sites for hydroxylation is 1. The number of ketones is 1. The van der Waals surface area contributed by atoms with Crippen LogP contribution in [0.15, 0.2) is 72.6 Å². The van der Waals surface area contributed by atoms with E-state index in [2.05, 4.69) is 9.97 Å².